The lowest BCUT2D eigenvalue weighted by Crippen LogP contribution is -2.48. The van der Waals surface area contributed by atoms with Gasteiger partial charge in [0.25, 0.3) is 0 Å². The zero-order valence-corrected chi connectivity index (χ0v) is 8.31. The maximum Gasteiger partial charge on any atom is 0.123 e. The number of likely N-dealkylation sites (tertiary alicyclic amines) is 1. The standard InChI is InChI=1S/C11H15NO2/c1-12-6-5-9(12)8-14-11-4-2-3-10(13)7-11/h2-4,7,9,13H,5-6,8H2,1H3/t9-/m0/s1. The number of aromatic hydroxyl groups is 1. The zero-order valence-electron chi connectivity index (χ0n) is 8.31. The first-order chi connectivity index (χ1) is 6.75. The molecule has 0 radical (unpaired) electrons. The molecule has 2 rings (SSSR count). The second-order valence-electron chi connectivity index (χ2n) is 3.73. The van der Waals surface area contributed by atoms with E-state index in [4.69, 9.17) is 4.74 Å². The van der Waals surface area contributed by atoms with Gasteiger partial charge in [-0.2, -0.15) is 0 Å². The van der Waals surface area contributed by atoms with E-state index in [9.17, 15) is 5.11 Å². The minimum atomic E-state index is 0.254. The summed E-state index contributed by atoms with van der Waals surface area (Å²) in [5.41, 5.74) is 0. The van der Waals surface area contributed by atoms with Crippen LogP contribution in [0.4, 0.5) is 0 Å². The van der Waals surface area contributed by atoms with Gasteiger partial charge < -0.3 is 9.84 Å². The largest absolute Gasteiger partial charge is 0.508 e. The predicted molar refractivity (Wildman–Crippen MR) is 54.6 cm³/mol. The SMILES string of the molecule is CN1CC[C@H]1COc1cccc(O)c1. The number of hydrogen-bond donors (Lipinski definition) is 1. The van der Waals surface area contributed by atoms with Gasteiger partial charge in [0.15, 0.2) is 0 Å². The van der Waals surface area contributed by atoms with Gasteiger partial charge in [-0.15, -0.1) is 0 Å². The van der Waals surface area contributed by atoms with Crippen LogP contribution in [0, 0.1) is 0 Å². The summed E-state index contributed by atoms with van der Waals surface area (Å²) in [5.74, 6) is 0.995. The molecule has 1 fully saturated rings. The Morgan fingerprint density at radius 1 is 1.57 bits per heavy atom. The van der Waals surface area contributed by atoms with Gasteiger partial charge in [-0.25, -0.2) is 0 Å². The summed E-state index contributed by atoms with van der Waals surface area (Å²) in [7, 11) is 2.10. The van der Waals surface area contributed by atoms with Crippen molar-refractivity contribution < 1.29 is 9.84 Å². The van der Waals surface area contributed by atoms with Crippen molar-refractivity contribution in [3.05, 3.63) is 24.3 Å². The van der Waals surface area contributed by atoms with E-state index in [1.165, 1.54) is 6.42 Å². The van der Waals surface area contributed by atoms with Crippen molar-refractivity contribution in [1.29, 1.82) is 0 Å². The van der Waals surface area contributed by atoms with Crippen molar-refractivity contribution in [1.82, 2.24) is 4.90 Å². The van der Waals surface area contributed by atoms with Crippen LogP contribution in [-0.2, 0) is 0 Å². The normalized spacial score (nSPS) is 21.6. The molecule has 0 bridgehead atoms. The highest BCUT2D eigenvalue weighted by atomic mass is 16.5. The molecule has 1 aromatic carbocycles. The number of nitrogens with zero attached hydrogens (tertiary/aromatic N) is 1. The van der Waals surface area contributed by atoms with E-state index in [2.05, 4.69) is 11.9 Å². The Kier molecular flexibility index (Phi) is 2.59. The van der Waals surface area contributed by atoms with Crippen LogP contribution in [0.2, 0.25) is 0 Å². The number of ether oxygens (including phenoxy) is 1. The fourth-order valence-electron chi connectivity index (χ4n) is 1.55. The third-order valence-corrected chi connectivity index (χ3v) is 2.70. The maximum atomic E-state index is 9.21. The number of hydrogen-bond acceptors (Lipinski definition) is 3. The fourth-order valence-corrected chi connectivity index (χ4v) is 1.55. The van der Waals surface area contributed by atoms with E-state index in [1.54, 1.807) is 18.2 Å². The van der Waals surface area contributed by atoms with E-state index in [1.807, 2.05) is 6.07 Å². The number of rotatable bonds is 3. The molecule has 1 aromatic rings. The minimum absolute atomic E-state index is 0.254. The lowest BCUT2D eigenvalue weighted by atomic mass is 10.1. The van der Waals surface area contributed by atoms with E-state index in [0.717, 1.165) is 12.3 Å². The molecule has 0 aromatic heterocycles. The first-order valence-corrected chi connectivity index (χ1v) is 4.88. The molecule has 0 amide bonds. The molecule has 1 atom stereocenters. The molecule has 14 heavy (non-hydrogen) atoms. The van der Waals surface area contributed by atoms with Crippen LogP contribution >= 0.6 is 0 Å². The molecule has 3 heteroatoms. The van der Waals surface area contributed by atoms with E-state index in [-0.39, 0.29) is 5.75 Å². The van der Waals surface area contributed by atoms with E-state index in [0.29, 0.717) is 12.6 Å². The zero-order chi connectivity index (χ0) is 9.97. The lowest BCUT2D eigenvalue weighted by molar-refractivity contribution is 0.0768. The van der Waals surface area contributed by atoms with Gasteiger partial charge in [0.2, 0.25) is 0 Å². The molecule has 76 valence electrons. The first-order valence-electron chi connectivity index (χ1n) is 4.88. The van der Waals surface area contributed by atoms with Gasteiger partial charge in [-0.05, 0) is 32.1 Å². The third-order valence-electron chi connectivity index (χ3n) is 2.70. The van der Waals surface area contributed by atoms with Crippen molar-refractivity contribution in [2.24, 2.45) is 0 Å². The molecule has 1 N–H and O–H groups in total. The van der Waals surface area contributed by atoms with Crippen LogP contribution in [0.5, 0.6) is 11.5 Å². The van der Waals surface area contributed by atoms with Gasteiger partial charge in [-0.3, -0.25) is 4.90 Å². The van der Waals surface area contributed by atoms with Crippen molar-refractivity contribution in [3.8, 4) is 11.5 Å². The first kappa shape index (κ1) is 9.34. The van der Waals surface area contributed by atoms with Gasteiger partial charge >= 0.3 is 0 Å². The molecule has 3 nitrogen and oxygen atoms in total. The smallest absolute Gasteiger partial charge is 0.123 e. The highest BCUT2D eigenvalue weighted by Crippen LogP contribution is 2.20. The van der Waals surface area contributed by atoms with Crippen molar-refractivity contribution >= 4 is 0 Å². The number of benzene rings is 1. The van der Waals surface area contributed by atoms with Gasteiger partial charge in [0.05, 0.1) is 0 Å². The Morgan fingerprint density at radius 2 is 2.43 bits per heavy atom. The number of phenolic OH excluding ortho intramolecular Hbond substituents is 1. The summed E-state index contributed by atoms with van der Waals surface area (Å²) in [5, 5.41) is 9.21. The number of phenols is 1. The average molecular weight is 193 g/mol. The Hall–Kier alpha value is -1.22. The Bertz CT molecular complexity index is 314. The Labute approximate surface area is 83.9 Å². The molecule has 1 heterocycles. The summed E-state index contributed by atoms with van der Waals surface area (Å²) < 4.78 is 5.56. The maximum absolute atomic E-state index is 9.21. The summed E-state index contributed by atoms with van der Waals surface area (Å²) in [6.45, 7) is 1.87. The highest BCUT2D eigenvalue weighted by Gasteiger charge is 2.24. The van der Waals surface area contributed by atoms with Crippen molar-refractivity contribution in [2.75, 3.05) is 20.2 Å². The fraction of sp³-hybridized carbons (Fsp3) is 0.455. The minimum Gasteiger partial charge on any atom is -0.508 e. The molecular weight excluding hydrogens is 178 g/mol. The Balaban J connectivity index is 1.85. The summed E-state index contributed by atoms with van der Waals surface area (Å²) in [6, 6.07) is 7.46. The Morgan fingerprint density at radius 3 is 3.00 bits per heavy atom. The lowest BCUT2D eigenvalue weighted by Gasteiger charge is -2.37. The van der Waals surface area contributed by atoms with Gasteiger partial charge in [0, 0.05) is 12.1 Å². The van der Waals surface area contributed by atoms with Gasteiger partial charge in [0.1, 0.15) is 18.1 Å². The van der Waals surface area contributed by atoms with E-state index < -0.39 is 0 Å². The van der Waals surface area contributed by atoms with Crippen molar-refractivity contribution in [2.45, 2.75) is 12.5 Å². The molecule has 1 aliphatic rings. The predicted octanol–water partition coefficient (Wildman–Crippen LogP) is 1.48. The topological polar surface area (TPSA) is 32.7 Å². The second kappa shape index (κ2) is 3.88. The van der Waals surface area contributed by atoms with Crippen LogP contribution in [0.15, 0.2) is 24.3 Å². The van der Waals surface area contributed by atoms with Crippen LogP contribution in [0.1, 0.15) is 6.42 Å². The molecule has 0 unspecified atom stereocenters. The van der Waals surface area contributed by atoms with E-state index >= 15 is 0 Å². The monoisotopic (exact) mass is 193 g/mol. The second-order valence-corrected chi connectivity index (χ2v) is 3.73. The van der Waals surface area contributed by atoms with Crippen LogP contribution in [0.3, 0.4) is 0 Å². The highest BCUT2D eigenvalue weighted by molar-refractivity contribution is 5.31. The molecule has 0 spiro atoms. The molecule has 0 saturated carbocycles. The van der Waals surface area contributed by atoms with Crippen LogP contribution in [-0.4, -0.2) is 36.2 Å². The number of likely N-dealkylation sites (N-methyl/N-ethyl adjacent to an activating group) is 1. The quantitative estimate of drug-likeness (QED) is 0.789. The summed E-state index contributed by atoms with van der Waals surface area (Å²) >= 11 is 0. The molecular formula is C11H15NO2. The van der Waals surface area contributed by atoms with Gasteiger partial charge in [-0.1, -0.05) is 6.07 Å². The average Bonchev–Trinajstić information content (AvgIpc) is 2.16. The van der Waals surface area contributed by atoms with Crippen molar-refractivity contribution in [3.63, 3.8) is 0 Å². The molecule has 0 aliphatic carbocycles. The van der Waals surface area contributed by atoms with Crippen LogP contribution < -0.4 is 4.74 Å². The summed E-state index contributed by atoms with van der Waals surface area (Å²) in [6.07, 6.45) is 1.20. The summed E-state index contributed by atoms with van der Waals surface area (Å²) in [4.78, 5) is 2.27. The molecule has 1 saturated heterocycles. The van der Waals surface area contributed by atoms with Crippen LogP contribution in [0.25, 0.3) is 0 Å². The molecule has 1 aliphatic heterocycles. The third kappa shape index (κ3) is 1.99.